The number of anilines is 1. The van der Waals surface area contributed by atoms with Crippen LogP contribution in [0.2, 0.25) is 0 Å². The van der Waals surface area contributed by atoms with E-state index in [1.807, 2.05) is 17.9 Å². The van der Waals surface area contributed by atoms with Crippen molar-refractivity contribution in [2.75, 3.05) is 24.6 Å². The van der Waals surface area contributed by atoms with Crippen molar-refractivity contribution in [2.24, 2.45) is 0 Å². The molecule has 0 saturated heterocycles. The molecular formula is C14H19NO4. The normalized spacial score (nSPS) is 9.84. The summed E-state index contributed by atoms with van der Waals surface area (Å²) < 4.78 is 9.94. The molecule has 5 heteroatoms. The minimum Gasteiger partial charge on any atom is -0.465 e. The minimum atomic E-state index is -0.370. The van der Waals surface area contributed by atoms with Crippen LogP contribution in [0.15, 0.2) is 24.3 Å². The molecule has 0 saturated carbocycles. The van der Waals surface area contributed by atoms with Crippen LogP contribution in [0.5, 0.6) is 5.75 Å². The van der Waals surface area contributed by atoms with Gasteiger partial charge in [-0.2, -0.15) is 0 Å². The fraction of sp³-hybridized carbons (Fsp3) is 0.429. The predicted octanol–water partition coefficient (Wildman–Crippen LogP) is 2.00. The number of nitrogens with zero attached hydrogens (tertiary/aromatic N) is 1. The van der Waals surface area contributed by atoms with E-state index >= 15 is 0 Å². The van der Waals surface area contributed by atoms with E-state index in [9.17, 15) is 9.59 Å². The quantitative estimate of drug-likeness (QED) is 0.581. The summed E-state index contributed by atoms with van der Waals surface area (Å²) in [6, 6.07) is 7.06. The summed E-state index contributed by atoms with van der Waals surface area (Å²) in [5.74, 6) is -0.180. The Bertz CT molecular complexity index is 445. The third-order valence-electron chi connectivity index (χ3n) is 2.45. The zero-order chi connectivity index (χ0) is 14.3. The van der Waals surface area contributed by atoms with Crippen LogP contribution >= 0.6 is 0 Å². The first-order chi connectivity index (χ1) is 9.06. The van der Waals surface area contributed by atoms with Crippen molar-refractivity contribution in [2.45, 2.75) is 20.8 Å². The summed E-state index contributed by atoms with van der Waals surface area (Å²) in [4.78, 5) is 24.3. The summed E-state index contributed by atoms with van der Waals surface area (Å²) in [6.07, 6.45) is 0. The molecule has 0 atom stereocenters. The highest BCUT2D eigenvalue weighted by Gasteiger charge is 2.11. The molecule has 19 heavy (non-hydrogen) atoms. The van der Waals surface area contributed by atoms with Crippen molar-refractivity contribution < 1.29 is 19.1 Å². The topological polar surface area (TPSA) is 55.8 Å². The van der Waals surface area contributed by atoms with E-state index in [4.69, 9.17) is 9.47 Å². The lowest BCUT2D eigenvalue weighted by atomic mass is 10.2. The Morgan fingerprint density at radius 1 is 1.26 bits per heavy atom. The molecule has 1 aromatic rings. The van der Waals surface area contributed by atoms with E-state index in [0.717, 1.165) is 5.69 Å². The van der Waals surface area contributed by atoms with Crippen molar-refractivity contribution in [3.05, 3.63) is 24.3 Å². The van der Waals surface area contributed by atoms with Gasteiger partial charge in [-0.25, -0.2) is 0 Å². The molecule has 1 aromatic carbocycles. The largest absolute Gasteiger partial charge is 0.465 e. The van der Waals surface area contributed by atoms with Crippen LogP contribution in [0.25, 0.3) is 0 Å². The number of carbonyl (C=O) groups is 2. The molecule has 104 valence electrons. The smallest absolute Gasteiger partial charge is 0.325 e. The Hall–Kier alpha value is -2.04. The lowest BCUT2D eigenvalue weighted by Gasteiger charge is -2.22. The molecule has 0 aliphatic rings. The van der Waals surface area contributed by atoms with Gasteiger partial charge < -0.3 is 14.4 Å². The maximum atomic E-state index is 11.5. The number of hydrogen-bond donors (Lipinski definition) is 0. The molecule has 0 amide bonds. The van der Waals surface area contributed by atoms with E-state index in [1.165, 1.54) is 6.92 Å². The second kappa shape index (κ2) is 7.41. The second-order valence-electron chi connectivity index (χ2n) is 3.91. The van der Waals surface area contributed by atoms with Crippen LogP contribution in [-0.4, -0.2) is 31.6 Å². The Kier molecular flexibility index (Phi) is 5.85. The van der Waals surface area contributed by atoms with E-state index in [2.05, 4.69) is 0 Å². The molecule has 0 heterocycles. The van der Waals surface area contributed by atoms with E-state index < -0.39 is 0 Å². The molecular weight excluding hydrogens is 246 g/mol. The highest BCUT2D eigenvalue weighted by molar-refractivity contribution is 5.76. The van der Waals surface area contributed by atoms with Gasteiger partial charge in [0.1, 0.15) is 12.3 Å². The fourth-order valence-electron chi connectivity index (χ4n) is 1.66. The number of rotatable bonds is 6. The minimum absolute atomic E-state index is 0.174. The third-order valence-corrected chi connectivity index (χ3v) is 2.45. The maximum absolute atomic E-state index is 11.5. The van der Waals surface area contributed by atoms with Crippen molar-refractivity contribution in [3.63, 3.8) is 0 Å². The van der Waals surface area contributed by atoms with E-state index in [1.54, 1.807) is 25.1 Å². The molecule has 0 fully saturated rings. The van der Waals surface area contributed by atoms with E-state index in [0.29, 0.717) is 18.9 Å². The summed E-state index contributed by atoms with van der Waals surface area (Å²) in [5, 5.41) is 0. The van der Waals surface area contributed by atoms with Crippen LogP contribution in [-0.2, 0) is 14.3 Å². The molecule has 0 radical (unpaired) electrons. The second-order valence-corrected chi connectivity index (χ2v) is 3.91. The van der Waals surface area contributed by atoms with Crippen molar-refractivity contribution in [3.8, 4) is 5.75 Å². The van der Waals surface area contributed by atoms with Crippen molar-refractivity contribution >= 4 is 17.6 Å². The van der Waals surface area contributed by atoms with Crippen LogP contribution in [0.1, 0.15) is 20.8 Å². The molecule has 0 aliphatic heterocycles. The molecule has 0 bridgehead atoms. The van der Waals surface area contributed by atoms with Crippen molar-refractivity contribution in [1.29, 1.82) is 0 Å². The van der Waals surface area contributed by atoms with Crippen LogP contribution in [0.3, 0.4) is 0 Å². The number of esters is 2. The zero-order valence-corrected chi connectivity index (χ0v) is 11.5. The first-order valence-corrected chi connectivity index (χ1v) is 6.25. The first kappa shape index (κ1) is 15.0. The molecule has 0 spiro atoms. The SMILES string of the molecule is CCOC(=O)CN(CC)c1cccc(OC(C)=O)c1. The Labute approximate surface area is 113 Å². The Morgan fingerprint density at radius 3 is 2.58 bits per heavy atom. The van der Waals surface area contributed by atoms with E-state index in [-0.39, 0.29) is 18.5 Å². The Morgan fingerprint density at radius 2 is 2.00 bits per heavy atom. The third kappa shape index (κ3) is 4.99. The number of likely N-dealkylation sites (N-methyl/N-ethyl adjacent to an activating group) is 1. The van der Waals surface area contributed by atoms with Gasteiger partial charge in [0, 0.05) is 25.2 Å². The average Bonchev–Trinajstić information content (AvgIpc) is 2.35. The van der Waals surface area contributed by atoms with Gasteiger partial charge in [-0.15, -0.1) is 0 Å². The first-order valence-electron chi connectivity index (χ1n) is 6.25. The van der Waals surface area contributed by atoms with Gasteiger partial charge in [-0.1, -0.05) is 6.07 Å². The predicted molar refractivity (Wildman–Crippen MR) is 72.3 cm³/mol. The van der Waals surface area contributed by atoms with Gasteiger partial charge in [0.15, 0.2) is 0 Å². The lowest BCUT2D eigenvalue weighted by molar-refractivity contribution is -0.141. The van der Waals surface area contributed by atoms with Gasteiger partial charge in [0.05, 0.1) is 6.61 Å². The molecule has 0 unspecified atom stereocenters. The van der Waals surface area contributed by atoms with Gasteiger partial charge >= 0.3 is 11.9 Å². The number of ether oxygens (including phenoxy) is 2. The highest BCUT2D eigenvalue weighted by Crippen LogP contribution is 2.21. The number of benzene rings is 1. The summed E-state index contributed by atoms with van der Waals surface area (Å²) >= 11 is 0. The number of carbonyl (C=O) groups excluding carboxylic acids is 2. The maximum Gasteiger partial charge on any atom is 0.325 e. The molecule has 0 N–H and O–H groups in total. The summed E-state index contributed by atoms with van der Waals surface area (Å²) in [5.41, 5.74) is 0.814. The zero-order valence-electron chi connectivity index (χ0n) is 11.5. The van der Waals surface area contributed by atoms with Gasteiger partial charge in [0.2, 0.25) is 0 Å². The fourth-order valence-corrected chi connectivity index (χ4v) is 1.66. The molecule has 1 rings (SSSR count). The average molecular weight is 265 g/mol. The van der Waals surface area contributed by atoms with Crippen molar-refractivity contribution in [1.82, 2.24) is 0 Å². The molecule has 0 aliphatic carbocycles. The lowest BCUT2D eigenvalue weighted by Crippen LogP contribution is -2.30. The van der Waals surface area contributed by atoms with Crippen LogP contribution in [0, 0.1) is 0 Å². The van der Waals surface area contributed by atoms with Gasteiger partial charge in [-0.05, 0) is 26.0 Å². The molecule has 0 aromatic heterocycles. The molecule has 5 nitrogen and oxygen atoms in total. The summed E-state index contributed by atoms with van der Waals surface area (Å²) in [7, 11) is 0. The summed E-state index contributed by atoms with van der Waals surface area (Å²) in [6.45, 7) is 6.26. The monoisotopic (exact) mass is 265 g/mol. The number of hydrogen-bond acceptors (Lipinski definition) is 5. The van der Waals surface area contributed by atoms with Gasteiger partial charge in [0.25, 0.3) is 0 Å². The van der Waals surface area contributed by atoms with Gasteiger partial charge in [-0.3, -0.25) is 9.59 Å². The highest BCUT2D eigenvalue weighted by atomic mass is 16.5. The standard InChI is InChI=1S/C14H19NO4/c1-4-15(10-14(17)18-5-2)12-7-6-8-13(9-12)19-11(3)16/h6-9H,4-5,10H2,1-3H3. The van der Waals surface area contributed by atoms with Crippen LogP contribution < -0.4 is 9.64 Å². The van der Waals surface area contributed by atoms with Crippen LogP contribution in [0.4, 0.5) is 5.69 Å². The Balaban J connectivity index is 2.80.